The van der Waals surface area contributed by atoms with Crippen LogP contribution >= 0.6 is 11.6 Å². The van der Waals surface area contributed by atoms with Gasteiger partial charge in [-0.15, -0.1) is 0 Å². The maximum Gasteiger partial charge on any atom is 0.241 e. The average Bonchev–Trinajstić information content (AvgIpc) is 2.22. The van der Waals surface area contributed by atoms with Crippen molar-refractivity contribution in [2.45, 2.75) is 26.3 Å². The first-order valence-electron chi connectivity index (χ1n) is 4.73. The van der Waals surface area contributed by atoms with Crippen LogP contribution in [0.25, 0.3) is 0 Å². The predicted molar refractivity (Wildman–Crippen MR) is 60.9 cm³/mol. The largest absolute Gasteiger partial charge is 0.322 e. The van der Waals surface area contributed by atoms with Crippen molar-refractivity contribution in [3.63, 3.8) is 0 Å². The van der Waals surface area contributed by atoms with Crippen LogP contribution in [0.15, 0.2) is 12.3 Å². The van der Waals surface area contributed by atoms with Crippen molar-refractivity contribution in [3.8, 4) is 0 Å². The van der Waals surface area contributed by atoms with E-state index in [1.165, 1.54) is 0 Å². The molecule has 1 aromatic heterocycles. The molecule has 3 N–H and O–H groups in total. The van der Waals surface area contributed by atoms with Crippen LogP contribution in [0.4, 0.5) is 5.69 Å². The highest BCUT2D eigenvalue weighted by molar-refractivity contribution is 6.32. The number of carbonyl (C=O) groups is 1. The monoisotopic (exact) mass is 227 g/mol. The first-order valence-corrected chi connectivity index (χ1v) is 5.11. The van der Waals surface area contributed by atoms with Gasteiger partial charge < -0.3 is 11.1 Å². The number of amides is 1. The van der Waals surface area contributed by atoms with Crippen molar-refractivity contribution < 1.29 is 4.79 Å². The van der Waals surface area contributed by atoms with Gasteiger partial charge in [-0.2, -0.15) is 0 Å². The maximum absolute atomic E-state index is 11.5. The van der Waals surface area contributed by atoms with Crippen LogP contribution in [0.2, 0.25) is 5.15 Å². The molecule has 1 heterocycles. The number of nitrogens with two attached hydrogens (primary N) is 1. The Balaban J connectivity index is 2.85. The van der Waals surface area contributed by atoms with E-state index in [2.05, 4.69) is 10.3 Å². The molecular weight excluding hydrogens is 214 g/mol. The van der Waals surface area contributed by atoms with Crippen LogP contribution in [0, 0.1) is 6.92 Å². The number of aromatic nitrogens is 1. The summed E-state index contributed by atoms with van der Waals surface area (Å²) < 4.78 is 0. The van der Waals surface area contributed by atoms with Crippen LogP contribution in [0.1, 0.15) is 18.9 Å². The fourth-order valence-corrected chi connectivity index (χ4v) is 1.33. The van der Waals surface area contributed by atoms with E-state index in [0.717, 1.165) is 5.56 Å². The fourth-order valence-electron chi connectivity index (χ4n) is 1.08. The molecule has 0 saturated carbocycles. The number of aryl methyl sites for hydroxylation is 1. The zero-order chi connectivity index (χ0) is 11.4. The van der Waals surface area contributed by atoms with Crippen molar-refractivity contribution in [2.24, 2.45) is 5.73 Å². The van der Waals surface area contributed by atoms with Gasteiger partial charge in [0.2, 0.25) is 5.91 Å². The molecule has 0 aliphatic carbocycles. The lowest BCUT2D eigenvalue weighted by molar-refractivity contribution is -0.117. The molecule has 0 aliphatic rings. The quantitative estimate of drug-likeness (QED) is 0.773. The van der Waals surface area contributed by atoms with E-state index in [1.807, 2.05) is 13.8 Å². The summed E-state index contributed by atoms with van der Waals surface area (Å²) in [5.74, 6) is -0.240. The lowest BCUT2D eigenvalue weighted by Crippen LogP contribution is -2.35. The van der Waals surface area contributed by atoms with Crippen LogP contribution in [-0.2, 0) is 4.79 Å². The van der Waals surface area contributed by atoms with E-state index in [9.17, 15) is 4.79 Å². The summed E-state index contributed by atoms with van der Waals surface area (Å²) in [6.45, 7) is 3.70. The number of anilines is 1. The van der Waals surface area contributed by atoms with Gasteiger partial charge in [-0.1, -0.05) is 18.5 Å². The minimum atomic E-state index is -0.513. The highest BCUT2D eigenvalue weighted by Crippen LogP contribution is 2.22. The Morgan fingerprint density at radius 3 is 2.93 bits per heavy atom. The molecule has 0 unspecified atom stereocenters. The van der Waals surface area contributed by atoms with E-state index in [0.29, 0.717) is 12.1 Å². The Hall–Kier alpha value is -1.13. The first-order chi connectivity index (χ1) is 7.06. The lowest BCUT2D eigenvalue weighted by Gasteiger charge is -2.12. The molecule has 82 valence electrons. The van der Waals surface area contributed by atoms with Crippen molar-refractivity contribution in [1.29, 1.82) is 0 Å². The van der Waals surface area contributed by atoms with Crippen molar-refractivity contribution in [1.82, 2.24) is 4.98 Å². The summed E-state index contributed by atoms with van der Waals surface area (Å²) in [6.07, 6.45) is 2.18. The molecule has 0 aliphatic heterocycles. The van der Waals surface area contributed by atoms with E-state index >= 15 is 0 Å². The van der Waals surface area contributed by atoms with Gasteiger partial charge in [-0.25, -0.2) is 4.98 Å². The van der Waals surface area contributed by atoms with Gasteiger partial charge in [0.15, 0.2) is 5.15 Å². The van der Waals surface area contributed by atoms with Gasteiger partial charge in [0.25, 0.3) is 0 Å². The standard InChI is InChI=1S/C10H14ClN3O/c1-3-7(12)10(15)14-8-6(2)4-5-13-9(8)11/h4-5,7H,3,12H2,1-2H3,(H,14,15)/t7-/m1/s1. The van der Waals surface area contributed by atoms with Gasteiger partial charge in [-0.05, 0) is 25.0 Å². The van der Waals surface area contributed by atoms with E-state index in [-0.39, 0.29) is 11.1 Å². The van der Waals surface area contributed by atoms with Crippen LogP contribution in [0.5, 0.6) is 0 Å². The SMILES string of the molecule is CC[C@@H](N)C(=O)Nc1c(C)ccnc1Cl. The summed E-state index contributed by atoms with van der Waals surface area (Å²) in [7, 11) is 0. The highest BCUT2D eigenvalue weighted by Gasteiger charge is 2.14. The molecule has 1 amide bonds. The smallest absolute Gasteiger partial charge is 0.241 e. The van der Waals surface area contributed by atoms with Crippen LogP contribution in [-0.4, -0.2) is 16.9 Å². The Morgan fingerprint density at radius 1 is 1.73 bits per heavy atom. The number of rotatable bonds is 3. The molecular formula is C10H14ClN3O. The number of hydrogen-bond donors (Lipinski definition) is 2. The van der Waals surface area contributed by atoms with Gasteiger partial charge in [0.05, 0.1) is 11.7 Å². The van der Waals surface area contributed by atoms with Crippen molar-refractivity contribution in [3.05, 3.63) is 23.0 Å². The van der Waals surface area contributed by atoms with Crippen molar-refractivity contribution >= 4 is 23.2 Å². The van der Waals surface area contributed by atoms with Gasteiger partial charge >= 0.3 is 0 Å². The summed E-state index contributed by atoms with van der Waals surface area (Å²) in [4.78, 5) is 15.4. The second-order valence-corrected chi connectivity index (χ2v) is 3.66. The second-order valence-electron chi connectivity index (χ2n) is 3.30. The number of halogens is 1. The first kappa shape index (κ1) is 11.9. The topological polar surface area (TPSA) is 68.0 Å². The average molecular weight is 228 g/mol. The van der Waals surface area contributed by atoms with Crippen LogP contribution in [0.3, 0.4) is 0 Å². The summed E-state index contributed by atoms with van der Waals surface area (Å²) in [6, 6.07) is 1.26. The third-order valence-corrected chi connectivity index (χ3v) is 2.42. The Morgan fingerprint density at radius 2 is 2.40 bits per heavy atom. The van der Waals surface area contributed by atoms with Gasteiger partial charge in [-0.3, -0.25) is 4.79 Å². The predicted octanol–water partition coefficient (Wildman–Crippen LogP) is 1.72. The number of nitrogens with one attached hydrogen (secondary N) is 1. The molecule has 0 spiro atoms. The molecule has 0 aromatic carbocycles. The van der Waals surface area contributed by atoms with Gasteiger partial charge in [0.1, 0.15) is 0 Å². The van der Waals surface area contributed by atoms with E-state index in [1.54, 1.807) is 12.3 Å². The second kappa shape index (κ2) is 5.09. The van der Waals surface area contributed by atoms with E-state index < -0.39 is 6.04 Å². The molecule has 4 nitrogen and oxygen atoms in total. The summed E-state index contributed by atoms with van der Waals surface area (Å²) in [5.41, 5.74) is 6.99. The normalized spacial score (nSPS) is 12.3. The number of nitrogens with zero attached hydrogens (tertiary/aromatic N) is 1. The Labute approximate surface area is 93.8 Å². The van der Waals surface area contributed by atoms with Gasteiger partial charge in [0, 0.05) is 6.20 Å². The minimum absolute atomic E-state index is 0.240. The summed E-state index contributed by atoms with van der Waals surface area (Å²) in [5, 5.41) is 2.95. The molecule has 0 fully saturated rings. The number of hydrogen-bond acceptors (Lipinski definition) is 3. The third kappa shape index (κ3) is 2.91. The van der Waals surface area contributed by atoms with Crippen LogP contribution < -0.4 is 11.1 Å². The minimum Gasteiger partial charge on any atom is -0.322 e. The van der Waals surface area contributed by atoms with E-state index in [4.69, 9.17) is 17.3 Å². The molecule has 0 bridgehead atoms. The molecule has 1 atom stereocenters. The third-order valence-electron chi connectivity index (χ3n) is 2.14. The zero-order valence-electron chi connectivity index (χ0n) is 8.75. The fraction of sp³-hybridized carbons (Fsp3) is 0.400. The molecule has 1 aromatic rings. The zero-order valence-corrected chi connectivity index (χ0v) is 9.51. The maximum atomic E-state index is 11.5. The molecule has 1 rings (SSSR count). The molecule has 0 radical (unpaired) electrons. The Kier molecular flexibility index (Phi) is 4.05. The van der Waals surface area contributed by atoms with Crippen molar-refractivity contribution in [2.75, 3.05) is 5.32 Å². The number of pyridine rings is 1. The Bertz CT molecular complexity index is 347. The number of carbonyl (C=O) groups excluding carboxylic acids is 1. The molecule has 5 heteroatoms. The highest BCUT2D eigenvalue weighted by atomic mass is 35.5. The lowest BCUT2D eigenvalue weighted by atomic mass is 10.2. The molecule has 15 heavy (non-hydrogen) atoms. The molecule has 0 saturated heterocycles. The summed E-state index contributed by atoms with van der Waals surface area (Å²) >= 11 is 5.85.